The molecule has 0 atom stereocenters. The van der Waals surface area contributed by atoms with E-state index in [1.807, 2.05) is 0 Å². The van der Waals surface area contributed by atoms with Gasteiger partial charge in [0, 0.05) is 0 Å². The molecule has 0 heterocycles. The van der Waals surface area contributed by atoms with Gasteiger partial charge in [-0.05, 0) is 82.4 Å². The summed E-state index contributed by atoms with van der Waals surface area (Å²) >= 11 is 0. The van der Waals surface area contributed by atoms with E-state index >= 15 is 0 Å². The van der Waals surface area contributed by atoms with Crippen molar-refractivity contribution in [2.75, 3.05) is 13.2 Å². The van der Waals surface area contributed by atoms with Crippen LogP contribution in [0.25, 0.3) is 0 Å². The molecule has 0 saturated carbocycles. The average molecular weight is 925 g/mol. The van der Waals surface area contributed by atoms with Crippen molar-refractivity contribution < 1.29 is 83.4 Å². The molecule has 0 aromatic heterocycles. The molecule has 63 heavy (non-hydrogen) atoms. The van der Waals surface area contributed by atoms with Crippen LogP contribution in [0, 0.1) is 0 Å². The number of rotatable bonds is 45. The van der Waals surface area contributed by atoms with E-state index in [4.69, 9.17) is 9.47 Å². The molecule has 0 spiro atoms. The van der Waals surface area contributed by atoms with Crippen LogP contribution in [0.4, 0.5) is 0 Å². The summed E-state index contributed by atoms with van der Waals surface area (Å²) in [5, 5.41) is 0. The molecular weight excluding hydrogens is 832 g/mol. The number of carbonyl (C=O) groups excluding carboxylic acids is 2. The number of esters is 2. The molecule has 9 heteroatoms. The number of ether oxygens (including phenoxy) is 2. The molecule has 7 nitrogen and oxygen atoms in total. The number of hydrogen-bond donors (Lipinski definition) is 0. The summed E-state index contributed by atoms with van der Waals surface area (Å²) in [5.41, 5.74) is -0.371. The van der Waals surface area contributed by atoms with Crippen molar-refractivity contribution >= 4 is 22.1 Å². The molecule has 1 aromatic rings. The second-order valence-electron chi connectivity index (χ2n) is 17.8. The van der Waals surface area contributed by atoms with Gasteiger partial charge in [0.1, 0.15) is 10.1 Å². The predicted octanol–water partition coefficient (Wildman–Crippen LogP) is 13.9. The standard InChI is InChI=1S/C54H94O7S.K/c1-3-5-7-9-11-13-15-17-19-21-23-25-27-29-31-33-35-37-39-41-43-47-60-53(55)51-46-45-50(62(57,58)59)49-52(51)54(56)61-48-44-42-40-38-36-34-32-30-28-26-24-22-20-18-16-14-12-10-8-6-4-2;/h35-38,45-46,49H,3-34,39-44,47-48H2,1-2H3,(H,57,58,59);/q;+1/p-1/b37-35+,38-36+;. The maximum absolute atomic E-state index is 13.0. The minimum atomic E-state index is -4.83. The topological polar surface area (TPSA) is 110 Å². The van der Waals surface area contributed by atoms with Crippen LogP contribution in [0.5, 0.6) is 0 Å². The number of carbonyl (C=O) groups is 2. The van der Waals surface area contributed by atoms with Crippen LogP contribution < -0.4 is 51.4 Å². The monoisotopic (exact) mass is 925 g/mol. The minimum absolute atomic E-state index is 0. The summed E-state index contributed by atoms with van der Waals surface area (Å²) in [6.45, 7) is 4.85. The van der Waals surface area contributed by atoms with Gasteiger partial charge in [-0.2, -0.15) is 0 Å². The van der Waals surface area contributed by atoms with Gasteiger partial charge in [0.25, 0.3) is 0 Å². The van der Waals surface area contributed by atoms with Crippen molar-refractivity contribution in [1.82, 2.24) is 0 Å². The van der Waals surface area contributed by atoms with Crippen molar-refractivity contribution in [2.24, 2.45) is 0 Å². The van der Waals surface area contributed by atoms with Crippen LogP contribution in [-0.4, -0.2) is 38.1 Å². The summed E-state index contributed by atoms with van der Waals surface area (Å²) < 4.78 is 45.9. The van der Waals surface area contributed by atoms with Gasteiger partial charge in [0.05, 0.1) is 29.2 Å². The Labute approximate surface area is 431 Å². The zero-order chi connectivity index (χ0) is 45.0. The Morgan fingerprint density at radius 2 is 0.698 bits per heavy atom. The fraction of sp³-hybridized carbons (Fsp3) is 0.778. The molecule has 0 bridgehead atoms. The van der Waals surface area contributed by atoms with Gasteiger partial charge in [0.2, 0.25) is 0 Å². The van der Waals surface area contributed by atoms with E-state index < -0.39 is 27.0 Å². The molecule has 0 saturated heterocycles. The second kappa shape index (κ2) is 46.3. The molecule has 0 fully saturated rings. The molecule has 0 radical (unpaired) electrons. The average Bonchev–Trinajstić information content (AvgIpc) is 3.26. The van der Waals surface area contributed by atoms with Crippen LogP contribution in [0.2, 0.25) is 0 Å². The van der Waals surface area contributed by atoms with E-state index in [0.29, 0.717) is 12.8 Å². The van der Waals surface area contributed by atoms with Crippen LogP contribution in [0.15, 0.2) is 47.4 Å². The molecule has 0 aliphatic heterocycles. The van der Waals surface area contributed by atoms with Gasteiger partial charge in [-0.25, -0.2) is 18.0 Å². The van der Waals surface area contributed by atoms with E-state index in [9.17, 15) is 22.6 Å². The SMILES string of the molecule is CCCCCCCCCCCCCCCCC/C=C/CCCCOC(=O)c1ccc(S(=O)(=O)[O-])cc1C(=O)OCCCC/C=C/CCCCCCCCCCCCCCCCC.[K+]. The molecule has 0 aliphatic carbocycles. The van der Waals surface area contributed by atoms with Gasteiger partial charge in [0.15, 0.2) is 0 Å². The van der Waals surface area contributed by atoms with Gasteiger partial charge < -0.3 is 14.0 Å². The molecule has 1 rings (SSSR count). The predicted molar refractivity (Wildman–Crippen MR) is 260 cm³/mol. The smallest absolute Gasteiger partial charge is 0.744 e. The summed E-state index contributed by atoms with van der Waals surface area (Å²) in [7, 11) is -4.83. The maximum atomic E-state index is 13.0. The van der Waals surface area contributed by atoms with Crippen molar-refractivity contribution in [3.8, 4) is 0 Å². The van der Waals surface area contributed by atoms with E-state index in [-0.39, 0.29) is 75.7 Å². The Morgan fingerprint density at radius 3 is 1.00 bits per heavy atom. The molecule has 1 aromatic carbocycles. The molecule has 0 unspecified atom stereocenters. The Morgan fingerprint density at radius 1 is 0.429 bits per heavy atom. The fourth-order valence-corrected chi connectivity index (χ4v) is 8.47. The first-order valence-electron chi connectivity index (χ1n) is 26.0. The zero-order valence-electron chi connectivity index (χ0n) is 41.1. The molecule has 358 valence electrons. The molecule has 0 amide bonds. The number of benzene rings is 1. The minimum Gasteiger partial charge on any atom is -0.744 e. The quantitative estimate of drug-likeness (QED) is 0.0211. The van der Waals surface area contributed by atoms with Crippen LogP contribution >= 0.6 is 0 Å². The Bertz CT molecular complexity index is 1380. The first kappa shape index (κ1) is 62.2. The summed E-state index contributed by atoms with van der Waals surface area (Å²) in [5.74, 6) is -1.58. The molecule has 0 N–H and O–H groups in total. The van der Waals surface area contributed by atoms with Crippen LogP contribution in [0.3, 0.4) is 0 Å². The van der Waals surface area contributed by atoms with E-state index in [0.717, 1.165) is 56.7 Å². The Kier molecular flexibility index (Phi) is 45.7. The third-order valence-electron chi connectivity index (χ3n) is 12.0. The first-order chi connectivity index (χ1) is 30.3. The largest absolute Gasteiger partial charge is 1.00 e. The van der Waals surface area contributed by atoms with Crippen molar-refractivity contribution in [3.05, 3.63) is 53.6 Å². The number of allylic oxidation sites excluding steroid dienone is 4. The number of hydrogen-bond acceptors (Lipinski definition) is 7. The van der Waals surface area contributed by atoms with Gasteiger partial charge in [-0.15, -0.1) is 0 Å². The van der Waals surface area contributed by atoms with Gasteiger partial charge >= 0.3 is 63.3 Å². The maximum Gasteiger partial charge on any atom is 1.00 e. The fourth-order valence-electron chi connectivity index (χ4n) is 7.98. The van der Waals surface area contributed by atoms with Gasteiger partial charge in [-0.3, -0.25) is 0 Å². The summed E-state index contributed by atoms with van der Waals surface area (Å²) in [6, 6.07) is 3.12. The Balaban J connectivity index is 0.0000384. The first-order valence-corrected chi connectivity index (χ1v) is 27.5. The van der Waals surface area contributed by atoms with E-state index in [1.54, 1.807) is 0 Å². The molecule has 0 aliphatic rings. The van der Waals surface area contributed by atoms with E-state index in [1.165, 1.54) is 193 Å². The summed E-state index contributed by atoms with van der Waals surface area (Å²) in [4.78, 5) is 25.3. The van der Waals surface area contributed by atoms with Crippen LogP contribution in [-0.2, 0) is 19.6 Å². The number of unbranched alkanes of at least 4 members (excludes halogenated alkanes) is 34. The van der Waals surface area contributed by atoms with Gasteiger partial charge in [-0.1, -0.05) is 218 Å². The normalized spacial score (nSPS) is 11.7. The third kappa shape index (κ3) is 38.9. The van der Waals surface area contributed by atoms with E-state index in [2.05, 4.69) is 38.2 Å². The van der Waals surface area contributed by atoms with Crippen molar-refractivity contribution in [3.63, 3.8) is 0 Å². The van der Waals surface area contributed by atoms with Crippen LogP contribution in [0.1, 0.15) is 279 Å². The van der Waals surface area contributed by atoms with Crippen molar-refractivity contribution in [2.45, 2.75) is 263 Å². The third-order valence-corrected chi connectivity index (χ3v) is 12.8. The summed E-state index contributed by atoms with van der Waals surface area (Å²) in [6.07, 6.45) is 56.8. The second-order valence-corrected chi connectivity index (χ2v) is 19.2. The molecular formula is C54H93KO7S. The zero-order valence-corrected chi connectivity index (χ0v) is 45.0. The Hall–Kier alpha value is -0.814. The van der Waals surface area contributed by atoms with Crippen molar-refractivity contribution in [1.29, 1.82) is 0 Å².